The number of nitrogens with zero attached hydrogens (tertiary/aromatic N) is 2. The van der Waals surface area contributed by atoms with E-state index in [0.29, 0.717) is 11.3 Å². The molecular weight excluding hydrogens is 336 g/mol. The van der Waals surface area contributed by atoms with Gasteiger partial charge in [-0.3, -0.25) is 4.79 Å². The monoisotopic (exact) mass is 350 g/mol. The number of rotatable bonds is 1. The van der Waals surface area contributed by atoms with Crippen molar-refractivity contribution in [3.05, 3.63) is 40.5 Å². The van der Waals surface area contributed by atoms with Crippen LogP contribution in [0.1, 0.15) is 30.9 Å². The predicted molar refractivity (Wildman–Crippen MR) is 95.7 cm³/mol. The average Bonchev–Trinajstić information content (AvgIpc) is 3.22. The maximum Gasteiger partial charge on any atom is 0.249 e. The molecule has 5 nitrogen and oxygen atoms in total. The minimum Gasteiger partial charge on any atom is -0.369 e. The number of pyridine rings is 1. The Morgan fingerprint density at radius 2 is 2.16 bits per heavy atom. The van der Waals surface area contributed by atoms with Crippen molar-refractivity contribution in [2.45, 2.75) is 30.6 Å². The summed E-state index contributed by atoms with van der Waals surface area (Å²) < 4.78 is 0. The first-order valence-electron chi connectivity index (χ1n) is 8.29. The molecular formula is C19H15ClN4O. The first-order chi connectivity index (χ1) is 12.0. The van der Waals surface area contributed by atoms with Crippen LogP contribution in [0.15, 0.2) is 24.4 Å². The molecule has 3 heterocycles. The molecule has 1 aliphatic carbocycles. The zero-order chi connectivity index (χ0) is 17.4. The number of amides is 1. The topological polar surface area (TPSA) is 77.8 Å². The van der Waals surface area contributed by atoms with Crippen LogP contribution in [-0.4, -0.2) is 17.4 Å². The number of anilines is 2. The lowest BCUT2D eigenvalue weighted by Crippen LogP contribution is -2.28. The number of nitrogens with one attached hydrogen (secondary N) is 2. The minimum atomic E-state index is -1.18. The molecule has 1 aromatic carbocycles. The smallest absolute Gasteiger partial charge is 0.249 e. The molecule has 2 aromatic rings. The van der Waals surface area contributed by atoms with E-state index in [-0.39, 0.29) is 11.3 Å². The number of nitriles is 1. The number of hydrogen-bond acceptors (Lipinski definition) is 4. The number of aromatic nitrogens is 1. The minimum absolute atomic E-state index is 0.144. The Morgan fingerprint density at radius 3 is 2.88 bits per heavy atom. The lowest BCUT2D eigenvalue weighted by molar-refractivity contribution is -0.118. The number of carbonyl (C=O) groups excluding carboxylic acids is 1. The van der Waals surface area contributed by atoms with E-state index in [1.807, 2.05) is 18.2 Å². The van der Waals surface area contributed by atoms with Gasteiger partial charge in [0.05, 0.1) is 11.1 Å². The van der Waals surface area contributed by atoms with Gasteiger partial charge in [0.15, 0.2) is 5.41 Å². The molecule has 0 saturated heterocycles. The van der Waals surface area contributed by atoms with Crippen LogP contribution < -0.4 is 10.6 Å². The van der Waals surface area contributed by atoms with Gasteiger partial charge in [0, 0.05) is 40.5 Å². The molecule has 6 heteroatoms. The molecule has 1 amide bonds. The summed E-state index contributed by atoms with van der Waals surface area (Å²) in [4.78, 5) is 16.7. The second-order valence-corrected chi connectivity index (χ2v) is 7.67. The van der Waals surface area contributed by atoms with E-state index in [1.54, 1.807) is 13.1 Å². The Morgan fingerprint density at radius 1 is 1.36 bits per heavy atom. The van der Waals surface area contributed by atoms with E-state index in [9.17, 15) is 10.1 Å². The van der Waals surface area contributed by atoms with Gasteiger partial charge in [-0.05, 0) is 37.5 Å². The molecule has 0 radical (unpaired) electrons. The normalized spacial score (nSPS) is 24.3. The van der Waals surface area contributed by atoms with Crippen molar-refractivity contribution in [3.63, 3.8) is 0 Å². The molecule has 3 aliphatic rings. The van der Waals surface area contributed by atoms with Crippen LogP contribution in [0.25, 0.3) is 11.1 Å². The van der Waals surface area contributed by atoms with Crippen molar-refractivity contribution >= 4 is 29.0 Å². The van der Waals surface area contributed by atoms with Crippen molar-refractivity contribution in [1.82, 2.24) is 4.98 Å². The fourth-order valence-electron chi connectivity index (χ4n) is 3.94. The summed E-state index contributed by atoms with van der Waals surface area (Å²) in [6.07, 6.45) is 4.03. The van der Waals surface area contributed by atoms with Crippen LogP contribution in [0, 0.1) is 11.3 Å². The van der Waals surface area contributed by atoms with Crippen LogP contribution in [0.4, 0.5) is 11.5 Å². The molecule has 1 saturated carbocycles. The molecule has 1 aromatic heterocycles. The molecule has 5 rings (SSSR count). The van der Waals surface area contributed by atoms with Crippen molar-refractivity contribution in [2.24, 2.45) is 0 Å². The van der Waals surface area contributed by atoms with Gasteiger partial charge in [-0.2, -0.15) is 5.26 Å². The molecule has 0 unspecified atom stereocenters. The molecule has 124 valence electrons. The molecule has 1 fully saturated rings. The van der Waals surface area contributed by atoms with Gasteiger partial charge in [-0.15, -0.1) is 0 Å². The quantitative estimate of drug-likeness (QED) is 0.823. The van der Waals surface area contributed by atoms with Crippen molar-refractivity contribution in [3.8, 4) is 17.2 Å². The number of carbonyl (C=O) groups is 1. The van der Waals surface area contributed by atoms with Crippen molar-refractivity contribution in [2.75, 3.05) is 17.2 Å². The highest BCUT2D eigenvalue weighted by atomic mass is 35.5. The summed E-state index contributed by atoms with van der Waals surface area (Å²) in [6, 6.07) is 7.77. The van der Waals surface area contributed by atoms with E-state index >= 15 is 0 Å². The predicted octanol–water partition coefficient (Wildman–Crippen LogP) is 3.59. The van der Waals surface area contributed by atoms with Crippen molar-refractivity contribution in [1.29, 1.82) is 5.26 Å². The zero-order valence-electron chi connectivity index (χ0n) is 13.6. The highest BCUT2D eigenvalue weighted by molar-refractivity contribution is 6.34. The van der Waals surface area contributed by atoms with Gasteiger partial charge in [-0.25, -0.2) is 4.98 Å². The summed E-state index contributed by atoms with van der Waals surface area (Å²) in [7, 11) is 0. The maximum atomic E-state index is 12.2. The zero-order valence-corrected chi connectivity index (χ0v) is 14.4. The Labute approximate surface area is 150 Å². The van der Waals surface area contributed by atoms with Crippen LogP contribution >= 0.6 is 11.6 Å². The van der Waals surface area contributed by atoms with Gasteiger partial charge in [0.25, 0.3) is 0 Å². The Hall–Kier alpha value is -2.58. The van der Waals surface area contributed by atoms with E-state index in [4.69, 9.17) is 11.6 Å². The summed E-state index contributed by atoms with van der Waals surface area (Å²) in [5.41, 5.74) is 3.17. The first-order valence-corrected chi connectivity index (χ1v) is 8.67. The van der Waals surface area contributed by atoms with E-state index in [2.05, 4.69) is 21.7 Å². The fourth-order valence-corrected chi connectivity index (χ4v) is 4.39. The number of fused-ring (bicyclic) bond motifs is 3. The van der Waals surface area contributed by atoms with Crippen LogP contribution in [0.2, 0.25) is 5.02 Å². The third-order valence-corrected chi connectivity index (χ3v) is 6.18. The SMILES string of the molecule is C[C@]1(C#N)C(=O)Nc2ccc(-c3cnc4c(c3Cl)C3(CC3)CN4)cc21. The average molecular weight is 351 g/mol. The standard InChI is InChI=1S/C19H15ClN4O/c1-18(8-21)12-6-10(2-3-13(12)24-17(18)25)11-7-22-16-14(15(11)20)19(4-5-19)9-23-16/h2-3,6-7H,4-5,9H2,1H3,(H,22,23)(H,24,25)/t18-/m1/s1. The summed E-state index contributed by atoms with van der Waals surface area (Å²) in [5.74, 6) is 0.590. The van der Waals surface area contributed by atoms with Crippen LogP contribution in [0.3, 0.4) is 0 Å². The third-order valence-electron chi connectivity index (χ3n) is 5.79. The maximum absolute atomic E-state index is 12.2. The van der Waals surface area contributed by atoms with Crippen LogP contribution in [0.5, 0.6) is 0 Å². The second-order valence-electron chi connectivity index (χ2n) is 7.29. The van der Waals surface area contributed by atoms with Gasteiger partial charge < -0.3 is 10.6 Å². The highest BCUT2D eigenvalue weighted by Gasteiger charge is 2.51. The molecule has 1 spiro atoms. The summed E-state index contributed by atoms with van der Waals surface area (Å²) in [6.45, 7) is 2.54. The number of hydrogen-bond donors (Lipinski definition) is 2. The molecule has 2 aliphatic heterocycles. The highest BCUT2D eigenvalue weighted by Crippen LogP contribution is 2.57. The lowest BCUT2D eigenvalue weighted by Gasteiger charge is -2.15. The molecule has 25 heavy (non-hydrogen) atoms. The molecule has 0 bridgehead atoms. The summed E-state index contributed by atoms with van der Waals surface area (Å²) in [5, 5.41) is 16.4. The van der Waals surface area contributed by atoms with E-state index in [0.717, 1.165) is 46.9 Å². The van der Waals surface area contributed by atoms with Gasteiger partial charge in [0.2, 0.25) is 5.91 Å². The second kappa shape index (κ2) is 4.53. The van der Waals surface area contributed by atoms with Gasteiger partial charge in [-0.1, -0.05) is 17.7 Å². The largest absolute Gasteiger partial charge is 0.369 e. The van der Waals surface area contributed by atoms with Crippen LogP contribution in [-0.2, 0) is 15.6 Å². The first kappa shape index (κ1) is 14.7. The molecule has 1 atom stereocenters. The Bertz CT molecular complexity index is 1010. The van der Waals surface area contributed by atoms with Crippen molar-refractivity contribution < 1.29 is 4.79 Å². The molecule has 2 N–H and O–H groups in total. The summed E-state index contributed by atoms with van der Waals surface area (Å²) >= 11 is 6.77. The van der Waals surface area contributed by atoms with E-state index < -0.39 is 5.41 Å². The third kappa shape index (κ3) is 1.78. The van der Waals surface area contributed by atoms with Gasteiger partial charge in [0.1, 0.15) is 5.82 Å². The Kier molecular flexibility index (Phi) is 2.67. The Balaban J connectivity index is 1.68. The fraction of sp³-hybridized carbons (Fsp3) is 0.316. The van der Waals surface area contributed by atoms with Gasteiger partial charge >= 0.3 is 0 Å². The lowest BCUT2D eigenvalue weighted by atomic mass is 9.84. The number of benzene rings is 1. The van der Waals surface area contributed by atoms with E-state index in [1.165, 1.54) is 0 Å². The number of halogens is 1.